The maximum Gasteiger partial charge on any atom is 1.00 e. The van der Waals surface area contributed by atoms with E-state index in [9.17, 15) is 4.79 Å². The van der Waals surface area contributed by atoms with Gasteiger partial charge in [0, 0.05) is 0 Å². The molecule has 1 aliphatic heterocycles. The zero-order chi connectivity index (χ0) is 10.3. The summed E-state index contributed by atoms with van der Waals surface area (Å²) in [6, 6.07) is 1.000. The van der Waals surface area contributed by atoms with Gasteiger partial charge in [0.15, 0.2) is 0 Å². The molecule has 0 aromatic rings. The van der Waals surface area contributed by atoms with Gasteiger partial charge in [-0.3, -0.25) is 0 Å². The molecule has 0 atom stereocenters. The van der Waals surface area contributed by atoms with Crippen molar-refractivity contribution in [3.05, 3.63) is 5.32 Å². The SMILES string of the molecule is CC(C)[N-]C(C)C.O=C1NCCO1.[Li+]. The Kier molecular flexibility index (Phi) is 10.9. The summed E-state index contributed by atoms with van der Waals surface area (Å²) in [7, 11) is 0. The van der Waals surface area contributed by atoms with E-state index in [0.717, 1.165) is 0 Å². The molecule has 0 radical (unpaired) electrons. The molecule has 0 aromatic carbocycles. The summed E-state index contributed by atoms with van der Waals surface area (Å²) in [5.74, 6) is 0. The Labute approximate surface area is 98.3 Å². The molecule has 0 saturated carbocycles. The van der Waals surface area contributed by atoms with Crippen molar-refractivity contribution in [2.45, 2.75) is 39.8 Å². The molecule has 78 valence electrons. The van der Waals surface area contributed by atoms with Crippen molar-refractivity contribution >= 4 is 6.09 Å². The molecule has 0 aromatic heterocycles. The number of nitrogens with one attached hydrogen (secondary N) is 1. The molecular formula is C9H19LiN2O2. The first-order valence-corrected chi connectivity index (χ1v) is 4.63. The number of hydrogen-bond donors (Lipinski definition) is 1. The Hall–Kier alpha value is -0.173. The molecule has 0 unspecified atom stereocenters. The van der Waals surface area contributed by atoms with Crippen molar-refractivity contribution in [3.8, 4) is 0 Å². The van der Waals surface area contributed by atoms with Gasteiger partial charge in [0.1, 0.15) is 6.61 Å². The van der Waals surface area contributed by atoms with Gasteiger partial charge in [0.25, 0.3) is 0 Å². The molecule has 1 aliphatic rings. The van der Waals surface area contributed by atoms with Crippen molar-refractivity contribution in [2.75, 3.05) is 13.2 Å². The Morgan fingerprint density at radius 3 is 1.86 bits per heavy atom. The molecule has 0 spiro atoms. The number of ether oxygens (including phenoxy) is 1. The first kappa shape index (κ1) is 16.3. The van der Waals surface area contributed by atoms with Gasteiger partial charge in [-0.15, -0.1) is 12.1 Å². The molecule has 1 heterocycles. The molecule has 1 amide bonds. The summed E-state index contributed by atoms with van der Waals surface area (Å²) >= 11 is 0. The molecule has 14 heavy (non-hydrogen) atoms. The van der Waals surface area contributed by atoms with Gasteiger partial charge < -0.3 is 15.4 Å². The fourth-order valence-corrected chi connectivity index (χ4v) is 0.944. The first-order chi connectivity index (χ1) is 6.02. The van der Waals surface area contributed by atoms with Gasteiger partial charge in [-0.25, -0.2) is 4.79 Å². The summed E-state index contributed by atoms with van der Waals surface area (Å²) in [5, 5.41) is 6.74. The van der Waals surface area contributed by atoms with E-state index in [1.54, 1.807) is 0 Å². The fraction of sp³-hybridized carbons (Fsp3) is 0.889. The summed E-state index contributed by atoms with van der Waals surface area (Å²) in [5.41, 5.74) is 0. The van der Waals surface area contributed by atoms with E-state index in [4.69, 9.17) is 0 Å². The van der Waals surface area contributed by atoms with Gasteiger partial charge >= 0.3 is 25.0 Å². The first-order valence-electron chi connectivity index (χ1n) is 4.63. The molecular weight excluding hydrogens is 175 g/mol. The number of alkyl carbamates (subject to hydrolysis) is 1. The van der Waals surface area contributed by atoms with Crippen LogP contribution in [0.2, 0.25) is 0 Å². The maximum atomic E-state index is 9.91. The van der Waals surface area contributed by atoms with E-state index in [-0.39, 0.29) is 25.0 Å². The normalized spacial score (nSPS) is 14.0. The number of nitrogens with zero attached hydrogens (tertiary/aromatic N) is 1. The third-order valence-electron chi connectivity index (χ3n) is 1.20. The Balaban J connectivity index is 0. The summed E-state index contributed by atoms with van der Waals surface area (Å²) in [6.45, 7) is 9.58. The predicted octanol–water partition coefficient (Wildman–Crippen LogP) is -1.09. The quantitative estimate of drug-likeness (QED) is 0.568. The Bertz CT molecular complexity index is 138. The van der Waals surface area contributed by atoms with Crippen LogP contribution in [0.5, 0.6) is 0 Å². The van der Waals surface area contributed by atoms with Gasteiger partial charge in [-0.1, -0.05) is 27.7 Å². The van der Waals surface area contributed by atoms with Crippen molar-refractivity contribution in [3.63, 3.8) is 0 Å². The topological polar surface area (TPSA) is 52.4 Å². The molecule has 5 heteroatoms. The molecule has 1 N–H and O–H groups in total. The number of rotatable bonds is 2. The molecule has 4 nitrogen and oxygen atoms in total. The largest absolute Gasteiger partial charge is 1.00 e. The second-order valence-electron chi connectivity index (χ2n) is 3.40. The average molecular weight is 194 g/mol. The van der Waals surface area contributed by atoms with Crippen LogP contribution in [-0.4, -0.2) is 31.3 Å². The standard InChI is InChI=1S/C6H14N.C3H5NO2.Li/c1-5(2)7-6(3)4;5-3-4-1-2-6-3;/h5-6H,1-4H3;1-2H2,(H,4,5);/q-1;;+1. The van der Waals surface area contributed by atoms with Crippen LogP contribution in [0.15, 0.2) is 0 Å². The summed E-state index contributed by atoms with van der Waals surface area (Å²) < 4.78 is 4.40. The molecule has 0 bridgehead atoms. The third-order valence-corrected chi connectivity index (χ3v) is 1.20. The third kappa shape index (κ3) is 11.8. The number of amides is 1. The van der Waals surface area contributed by atoms with E-state index in [0.29, 0.717) is 25.2 Å². The number of cyclic esters (lactones) is 1. The minimum absolute atomic E-state index is 0. The molecule has 1 rings (SSSR count). The van der Waals surface area contributed by atoms with E-state index in [1.165, 1.54) is 0 Å². The van der Waals surface area contributed by atoms with Crippen molar-refractivity contribution in [1.29, 1.82) is 0 Å². The Morgan fingerprint density at radius 2 is 1.79 bits per heavy atom. The number of carbonyl (C=O) groups is 1. The monoisotopic (exact) mass is 194 g/mol. The summed E-state index contributed by atoms with van der Waals surface area (Å²) in [4.78, 5) is 9.91. The number of carbonyl (C=O) groups excluding carboxylic acids is 1. The van der Waals surface area contributed by atoms with Crippen LogP contribution < -0.4 is 24.2 Å². The maximum absolute atomic E-state index is 9.91. The van der Waals surface area contributed by atoms with Gasteiger partial charge in [-0.05, 0) is 0 Å². The Morgan fingerprint density at radius 1 is 1.29 bits per heavy atom. The smallest absolute Gasteiger partial charge is 0.658 e. The second-order valence-corrected chi connectivity index (χ2v) is 3.40. The van der Waals surface area contributed by atoms with Crippen LogP contribution in [0.3, 0.4) is 0 Å². The van der Waals surface area contributed by atoms with Crippen molar-refractivity contribution in [1.82, 2.24) is 5.32 Å². The van der Waals surface area contributed by atoms with Gasteiger partial charge in [0.2, 0.25) is 0 Å². The molecule has 1 saturated heterocycles. The zero-order valence-electron chi connectivity index (χ0n) is 9.83. The van der Waals surface area contributed by atoms with Crippen LogP contribution in [0.25, 0.3) is 5.32 Å². The van der Waals surface area contributed by atoms with Crippen LogP contribution in [0.4, 0.5) is 4.79 Å². The molecule has 1 fully saturated rings. The van der Waals surface area contributed by atoms with Gasteiger partial charge in [-0.2, -0.15) is 0 Å². The van der Waals surface area contributed by atoms with E-state index in [2.05, 4.69) is 43.1 Å². The second kappa shape index (κ2) is 9.39. The van der Waals surface area contributed by atoms with Crippen molar-refractivity contribution < 1.29 is 28.4 Å². The van der Waals surface area contributed by atoms with Crippen LogP contribution >= 0.6 is 0 Å². The van der Waals surface area contributed by atoms with Gasteiger partial charge in [0.05, 0.1) is 6.54 Å². The van der Waals surface area contributed by atoms with Crippen LogP contribution in [0.1, 0.15) is 27.7 Å². The minimum Gasteiger partial charge on any atom is -0.658 e. The fourth-order valence-electron chi connectivity index (χ4n) is 0.944. The minimum atomic E-state index is -0.296. The van der Waals surface area contributed by atoms with Crippen LogP contribution in [-0.2, 0) is 4.74 Å². The van der Waals surface area contributed by atoms with E-state index >= 15 is 0 Å². The summed E-state index contributed by atoms with van der Waals surface area (Å²) in [6.07, 6.45) is -0.296. The van der Waals surface area contributed by atoms with Crippen LogP contribution in [0, 0.1) is 0 Å². The molecule has 0 aliphatic carbocycles. The zero-order valence-corrected chi connectivity index (χ0v) is 9.83. The number of hydrogen-bond acceptors (Lipinski definition) is 2. The van der Waals surface area contributed by atoms with E-state index in [1.807, 2.05) is 0 Å². The predicted molar refractivity (Wildman–Crippen MR) is 53.0 cm³/mol. The average Bonchev–Trinajstić information content (AvgIpc) is 2.37. The van der Waals surface area contributed by atoms with E-state index < -0.39 is 0 Å². The van der Waals surface area contributed by atoms with Crippen molar-refractivity contribution in [2.24, 2.45) is 0 Å².